The third-order valence-corrected chi connectivity index (χ3v) is 6.20. The molecular formula is C22H23N5O4. The lowest BCUT2D eigenvalue weighted by atomic mass is 9.77. The van der Waals surface area contributed by atoms with E-state index in [4.69, 9.17) is 4.42 Å². The average molecular weight is 421 g/mol. The van der Waals surface area contributed by atoms with Crippen molar-refractivity contribution in [2.24, 2.45) is 5.92 Å². The number of hydrogen-bond donors (Lipinski definition) is 3. The van der Waals surface area contributed by atoms with Gasteiger partial charge in [0.25, 0.3) is 5.91 Å². The van der Waals surface area contributed by atoms with Crippen LogP contribution in [-0.4, -0.2) is 44.8 Å². The van der Waals surface area contributed by atoms with Gasteiger partial charge in [-0.2, -0.15) is 0 Å². The summed E-state index contributed by atoms with van der Waals surface area (Å²) < 4.78 is 5.35. The highest BCUT2D eigenvalue weighted by Gasteiger charge is 2.52. The number of carbonyl (C=O) groups excluding carboxylic acids is 3. The van der Waals surface area contributed by atoms with Crippen molar-refractivity contribution >= 4 is 34.6 Å². The van der Waals surface area contributed by atoms with Gasteiger partial charge < -0.3 is 20.0 Å². The van der Waals surface area contributed by atoms with Crippen molar-refractivity contribution in [3.8, 4) is 11.6 Å². The Bertz CT molecular complexity index is 1160. The largest absolute Gasteiger partial charge is 0.461 e. The van der Waals surface area contributed by atoms with E-state index < -0.39 is 17.5 Å². The number of benzene rings is 1. The van der Waals surface area contributed by atoms with Crippen LogP contribution in [0.5, 0.6) is 0 Å². The summed E-state index contributed by atoms with van der Waals surface area (Å²) in [6.45, 7) is 1.83. The second kappa shape index (κ2) is 7.26. The summed E-state index contributed by atoms with van der Waals surface area (Å²) in [5.41, 5.74) is 1.16. The van der Waals surface area contributed by atoms with Crippen molar-refractivity contribution in [3.63, 3.8) is 0 Å². The number of furan rings is 1. The van der Waals surface area contributed by atoms with Gasteiger partial charge in [0, 0.05) is 5.69 Å². The van der Waals surface area contributed by atoms with Crippen molar-refractivity contribution in [1.29, 1.82) is 0 Å². The van der Waals surface area contributed by atoms with E-state index in [1.165, 1.54) is 0 Å². The van der Waals surface area contributed by atoms with Gasteiger partial charge in [-0.05, 0) is 61.9 Å². The van der Waals surface area contributed by atoms with Crippen LogP contribution in [0.1, 0.15) is 32.6 Å². The third-order valence-electron chi connectivity index (χ3n) is 6.20. The molecule has 3 aromatic rings. The van der Waals surface area contributed by atoms with Gasteiger partial charge in [0.05, 0.1) is 17.3 Å². The first-order valence-corrected chi connectivity index (χ1v) is 10.4. The Balaban J connectivity index is 1.27. The molecular weight excluding hydrogens is 398 g/mol. The molecule has 2 aromatic heterocycles. The van der Waals surface area contributed by atoms with Gasteiger partial charge in [-0.1, -0.05) is 6.92 Å². The van der Waals surface area contributed by atoms with Crippen LogP contribution in [0.15, 0.2) is 41.0 Å². The molecule has 1 aliphatic heterocycles. The van der Waals surface area contributed by atoms with Gasteiger partial charge in [0.1, 0.15) is 12.1 Å². The molecule has 1 saturated carbocycles. The lowest BCUT2D eigenvalue weighted by molar-refractivity contribution is -0.135. The zero-order valence-electron chi connectivity index (χ0n) is 17.1. The molecule has 9 heteroatoms. The monoisotopic (exact) mass is 421 g/mol. The maximum atomic E-state index is 12.9. The van der Waals surface area contributed by atoms with Gasteiger partial charge in [-0.15, -0.1) is 0 Å². The molecule has 2 fully saturated rings. The zero-order chi connectivity index (χ0) is 21.6. The number of carbonyl (C=O) groups is 3. The van der Waals surface area contributed by atoms with E-state index >= 15 is 0 Å². The minimum atomic E-state index is -0.846. The molecule has 1 spiro atoms. The Labute approximate surface area is 178 Å². The van der Waals surface area contributed by atoms with E-state index in [0.29, 0.717) is 36.0 Å². The van der Waals surface area contributed by atoms with Crippen LogP contribution in [0.25, 0.3) is 22.6 Å². The maximum absolute atomic E-state index is 12.9. The van der Waals surface area contributed by atoms with Crippen LogP contribution in [0.3, 0.4) is 0 Å². The van der Waals surface area contributed by atoms with Gasteiger partial charge in [-0.3, -0.25) is 14.5 Å². The van der Waals surface area contributed by atoms with E-state index in [-0.39, 0.29) is 12.5 Å². The van der Waals surface area contributed by atoms with Crippen LogP contribution in [0.2, 0.25) is 0 Å². The Hall–Kier alpha value is -3.62. The Kier molecular flexibility index (Phi) is 4.53. The van der Waals surface area contributed by atoms with Gasteiger partial charge in [0.2, 0.25) is 5.91 Å². The van der Waals surface area contributed by atoms with E-state index in [1.54, 1.807) is 36.6 Å². The number of hydrogen-bond acceptors (Lipinski definition) is 5. The first kappa shape index (κ1) is 19.3. The highest BCUT2D eigenvalue weighted by Crippen LogP contribution is 2.36. The topological polar surface area (TPSA) is 120 Å². The third kappa shape index (κ3) is 3.45. The molecule has 4 amide bonds. The highest BCUT2D eigenvalue weighted by molar-refractivity contribution is 6.10. The fourth-order valence-corrected chi connectivity index (χ4v) is 4.38. The summed E-state index contributed by atoms with van der Waals surface area (Å²) in [4.78, 5) is 46.6. The summed E-state index contributed by atoms with van der Waals surface area (Å²) in [6.07, 6.45) is 4.57. The van der Waals surface area contributed by atoms with Crippen molar-refractivity contribution in [3.05, 3.63) is 36.6 Å². The summed E-state index contributed by atoms with van der Waals surface area (Å²) >= 11 is 0. The first-order chi connectivity index (χ1) is 14.9. The predicted molar refractivity (Wildman–Crippen MR) is 113 cm³/mol. The standard InChI is InChI=1S/C22H23N5O4/c1-13-6-8-22(9-7-13)20(29)27(21(30)26-22)12-18(28)23-14-4-5-15-16(11-14)25-19(24-15)17-3-2-10-31-17/h2-5,10-11,13H,6-9,12H2,1H3,(H,23,28)(H,24,25)(H,26,30). The van der Waals surface area contributed by atoms with Crippen LogP contribution in [0.4, 0.5) is 10.5 Å². The lowest BCUT2D eigenvalue weighted by Gasteiger charge is -2.33. The lowest BCUT2D eigenvalue weighted by Crippen LogP contribution is -2.49. The molecule has 5 rings (SSSR count). The number of urea groups is 1. The Morgan fingerprint density at radius 3 is 2.84 bits per heavy atom. The number of rotatable bonds is 4. The number of imide groups is 1. The van der Waals surface area contributed by atoms with E-state index in [1.807, 2.05) is 0 Å². The summed E-state index contributed by atoms with van der Waals surface area (Å²) in [5.74, 6) is 1.01. The number of fused-ring (bicyclic) bond motifs is 1. The quantitative estimate of drug-likeness (QED) is 0.559. The van der Waals surface area contributed by atoms with E-state index in [2.05, 4.69) is 27.5 Å². The molecule has 1 aromatic carbocycles. The molecule has 2 aliphatic rings. The number of aromatic amines is 1. The summed E-state index contributed by atoms with van der Waals surface area (Å²) in [5, 5.41) is 5.59. The van der Waals surface area contributed by atoms with Gasteiger partial charge in [-0.25, -0.2) is 9.78 Å². The van der Waals surface area contributed by atoms with Crippen molar-refractivity contribution < 1.29 is 18.8 Å². The van der Waals surface area contributed by atoms with Crippen LogP contribution in [0, 0.1) is 5.92 Å². The minimum Gasteiger partial charge on any atom is -0.461 e. The first-order valence-electron chi connectivity index (χ1n) is 10.4. The average Bonchev–Trinajstić information content (AvgIpc) is 3.46. The van der Waals surface area contributed by atoms with Crippen molar-refractivity contribution in [2.75, 3.05) is 11.9 Å². The number of aromatic nitrogens is 2. The number of nitrogens with one attached hydrogen (secondary N) is 3. The molecule has 0 atom stereocenters. The zero-order valence-corrected chi connectivity index (χ0v) is 17.1. The van der Waals surface area contributed by atoms with Gasteiger partial charge >= 0.3 is 6.03 Å². The fraction of sp³-hybridized carbons (Fsp3) is 0.364. The predicted octanol–water partition coefficient (Wildman–Crippen LogP) is 3.26. The van der Waals surface area contributed by atoms with Crippen molar-refractivity contribution in [2.45, 2.75) is 38.1 Å². The number of H-pyrrole nitrogens is 1. The fourth-order valence-electron chi connectivity index (χ4n) is 4.38. The Morgan fingerprint density at radius 1 is 1.29 bits per heavy atom. The molecule has 3 heterocycles. The molecule has 1 saturated heterocycles. The molecule has 3 N–H and O–H groups in total. The molecule has 160 valence electrons. The highest BCUT2D eigenvalue weighted by atomic mass is 16.3. The number of anilines is 1. The molecule has 0 unspecified atom stereocenters. The number of amides is 4. The normalized spacial score (nSPS) is 23.5. The molecule has 9 nitrogen and oxygen atoms in total. The van der Waals surface area contributed by atoms with Crippen LogP contribution >= 0.6 is 0 Å². The second-order valence-electron chi connectivity index (χ2n) is 8.43. The van der Waals surface area contributed by atoms with Crippen LogP contribution < -0.4 is 10.6 Å². The van der Waals surface area contributed by atoms with Crippen molar-refractivity contribution in [1.82, 2.24) is 20.2 Å². The second-order valence-corrected chi connectivity index (χ2v) is 8.43. The molecule has 0 bridgehead atoms. The molecule has 31 heavy (non-hydrogen) atoms. The number of nitrogens with zero attached hydrogens (tertiary/aromatic N) is 2. The van der Waals surface area contributed by atoms with Gasteiger partial charge in [0.15, 0.2) is 11.6 Å². The SMILES string of the molecule is CC1CCC2(CC1)NC(=O)N(CC(=O)Nc1ccc3nc(-c4ccco4)[nH]c3c1)C2=O. The number of imidazole rings is 1. The maximum Gasteiger partial charge on any atom is 0.325 e. The van der Waals surface area contributed by atoms with E-state index in [9.17, 15) is 14.4 Å². The summed E-state index contributed by atoms with van der Waals surface area (Å²) in [7, 11) is 0. The molecule has 0 radical (unpaired) electrons. The summed E-state index contributed by atoms with van der Waals surface area (Å²) in [6, 6.07) is 8.34. The van der Waals surface area contributed by atoms with E-state index in [0.717, 1.165) is 28.8 Å². The smallest absolute Gasteiger partial charge is 0.325 e. The minimum absolute atomic E-state index is 0.299. The molecule has 1 aliphatic carbocycles. The van der Waals surface area contributed by atoms with Crippen LogP contribution in [-0.2, 0) is 9.59 Å². The Morgan fingerprint density at radius 2 is 2.10 bits per heavy atom.